The molecule has 0 aliphatic rings. The van der Waals surface area contributed by atoms with Crippen LogP contribution in [-0.4, -0.2) is 35.3 Å². The smallest absolute Gasteiger partial charge is 0.264 e. The molecule has 0 saturated carbocycles. The lowest BCUT2D eigenvalue weighted by Crippen LogP contribution is -2.46. The van der Waals surface area contributed by atoms with Crippen LogP contribution in [0, 0.1) is 20.2 Å². The van der Waals surface area contributed by atoms with Crippen LogP contribution in [-0.2, 0) is 14.6 Å². The zero-order valence-electron chi connectivity index (χ0n) is 6.19. The Labute approximate surface area is 75.5 Å². The van der Waals surface area contributed by atoms with E-state index in [0.717, 1.165) is 0 Å². The van der Waals surface area contributed by atoms with Crippen molar-refractivity contribution < 1.29 is 31.4 Å². The van der Waals surface area contributed by atoms with Gasteiger partial charge >= 0.3 is 16.3 Å². The van der Waals surface area contributed by atoms with Crippen LogP contribution < -0.4 is 0 Å². The Hall–Kier alpha value is -1.40. The molecule has 0 rings (SSSR count). The number of rotatable bonds is 5. The number of halogens is 1. The van der Waals surface area contributed by atoms with Gasteiger partial charge in [0.1, 0.15) is 9.85 Å². The van der Waals surface area contributed by atoms with Crippen LogP contribution in [0.5, 0.6) is 0 Å². The lowest BCUT2D eigenvalue weighted by Gasteiger charge is -2.06. The Morgan fingerprint density at radius 1 is 1.36 bits per heavy atom. The van der Waals surface area contributed by atoms with E-state index < -0.39 is 32.8 Å². The van der Waals surface area contributed by atoms with Crippen molar-refractivity contribution >= 4 is 10.4 Å². The first kappa shape index (κ1) is 12.6. The molecular formula is C2H3FN2O8S. The van der Waals surface area contributed by atoms with Crippen LogP contribution in [0.4, 0.5) is 4.39 Å². The molecule has 0 aliphatic carbocycles. The molecule has 1 N–H and O–H groups in total. The molecule has 82 valence electrons. The van der Waals surface area contributed by atoms with Gasteiger partial charge in [-0.25, -0.2) is 4.18 Å². The van der Waals surface area contributed by atoms with Crippen molar-refractivity contribution in [3.63, 3.8) is 0 Å². The predicted molar refractivity (Wildman–Crippen MR) is 35.3 cm³/mol. The molecule has 0 bridgehead atoms. The second-order valence-electron chi connectivity index (χ2n) is 1.92. The number of nitrogens with zero attached hydrogens (tertiary/aromatic N) is 2. The highest BCUT2D eigenvalue weighted by atomic mass is 32.3. The molecule has 0 radical (unpaired) electrons. The number of hydrogen-bond acceptors (Lipinski definition) is 7. The third kappa shape index (κ3) is 3.15. The van der Waals surface area contributed by atoms with E-state index in [9.17, 15) is 33.0 Å². The Morgan fingerprint density at radius 3 is 1.93 bits per heavy atom. The van der Waals surface area contributed by atoms with Crippen molar-refractivity contribution in [3.8, 4) is 0 Å². The molecule has 0 aliphatic heterocycles. The number of hydrogen-bond donors (Lipinski definition) is 1. The van der Waals surface area contributed by atoms with Gasteiger partial charge < -0.3 is 0 Å². The minimum Gasteiger partial charge on any atom is -0.264 e. The topological polar surface area (TPSA) is 150 Å². The van der Waals surface area contributed by atoms with E-state index in [1.807, 2.05) is 0 Å². The molecule has 0 atom stereocenters. The highest BCUT2D eigenvalue weighted by Crippen LogP contribution is 2.14. The summed E-state index contributed by atoms with van der Waals surface area (Å²) in [5, 5.41) is 19.6. The summed E-state index contributed by atoms with van der Waals surface area (Å²) in [5.74, 6) is -4.31. The van der Waals surface area contributed by atoms with Gasteiger partial charge in [-0.05, 0) is 0 Å². The summed E-state index contributed by atoms with van der Waals surface area (Å²) < 4.78 is 43.4. The van der Waals surface area contributed by atoms with Crippen molar-refractivity contribution in [3.05, 3.63) is 20.2 Å². The van der Waals surface area contributed by atoms with Gasteiger partial charge in [0.2, 0.25) is 6.61 Å². The van der Waals surface area contributed by atoms with Crippen molar-refractivity contribution in [2.75, 3.05) is 6.61 Å². The molecule has 0 heterocycles. The molecule has 0 aromatic carbocycles. The van der Waals surface area contributed by atoms with E-state index in [2.05, 4.69) is 4.18 Å². The van der Waals surface area contributed by atoms with Crippen LogP contribution in [0.1, 0.15) is 0 Å². The molecule has 0 aromatic rings. The van der Waals surface area contributed by atoms with Gasteiger partial charge in [-0.15, -0.1) is 0 Å². The zero-order chi connectivity index (χ0) is 11.6. The van der Waals surface area contributed by atoms with E-state index in [1.54, 1.807) is 0 Å². The van der Waals surface area contributed by atoms with Gasteiger partial charge in [-0.3, -0.25) is 24.8 Å². The van der Waals surface area contributed by atoms with E-state index >= 15 is 0 Å². The third-order valence-corrected chi connectivity index (χ3v) is 1.37. The Bertz CT molecular complexity index is 334. The zero-order valence-corrected chi connectivity index (χ0v) is 7.01. The van der Waals surface area contributed by atoms with Gasteiger partial charge in [0, 0.05) is 0 Å². The maximum Gasteiger partial charge on any atom is 0.639 e. The van der Waals surface area contributed by atoms with Crippen LogP contribution >= 0.6 is 0 Å². The number of alkyl halides is 1. The number of nitro groups is 2. The van der Waals surface area contributed by atoms with Crippen molar-refractivity contribution in [1.82, 2.24) is 0 Å². The summed E-state index contributed by atoms with van der Waals surface area (Å²) >= 11 is 0. The molecule has 10 nitrogen and oxygen atoms in total. The van der Waals surface area contributed by atoms with E-state index in [0.29, 0.717) is 0 Å². The van der Waals surface area contributed by atoms with Gasteiger partial charge in [0.15, 0.2) is 0 Å². The Morgan fingerprint density at radius 2 is 1.71 bits per heavy atom. The predicted octanol–water partition coefficient (Wildman–Crippen LogP) is -1.02. The molecule has 0 saturated heterocycles. The third-order valence-electron chi connectivity index (χ3n) is 0.951. The van der Waals surface area contributed by atoms with Gasteiger partial charge in [-0.2, -0.15) is 8.42 Å². The maximum atomic E-state index is 12.7. The Kier molecular flexibility index (Phi) is 3.39. The van der Waals surface area contributed by atoms with Crippen LogP contribution in [0.25, 0.3) is 0 Å². The largest absolute Gasteiger partial charge is 0.639 e. The fourth-order valence-corrected chi connectivity index (χ4v) is 0.620. The van der Waals surface area contributed by atoms with Crippen LogP contribution in [0.2, 0.25) is 0 Å². The highest BCUT2D eigenvalue weighted by molar-refractivity contribution is 7.80. The molecule has 0 unspecified atom stereocenters. The van der Waals surface area contributed by atoms with E-state index in [4.69, 9.17) is 4.55 Å². The van der Waals surface area contributed by atoms with Crippen molar-refractivity contribution in [2.24, 2.45) is 0 Å². The first-order valence-corrected chi connectivity index (χ1v) is 4.06. The summed E-state index contributed by atoms with van der Waals surface area (Å²) in [6, 6.07) is 0. The second-order valence-corrected chi connectivity index (χ2v) is 3.01. The summed E-state index contributed by atoms with van der Waals surface area (Å²) in [7, 11) is -5.17. The maximum absolute atomic E-state index is 12.7. The standard InChI is InChI=1S/C2H3FN2O8S/c3-2(4(6)7,5(8)9)1-13-14(10,11)12/h1H2,(H,10,11,12). The van der Waals surface area contributed by atoms with Crippen LogP contribution in [0.15, 0.2) is 0 Å². The molecule has 0 aromatic heterocycles. The average molecular weight is 234 g/mol. The molecule has 0 spiro atoms. The highest BCUT2D eigenvalue weighted by Gasteiger charge is 2.59. The second kappa shape index (κ2) is 3.77. The van der Waals surface area contributed by atoms with Crippen molar-refractivity contribution in [2.45, 2.75) is 5.92 Å². The summed E-state index contributed by atoms with van der Waals surface area (Å²) in [6.07, 6.45) is 0. The van der Waals surface area contributed by atoms with E-state index in [1.165, 1.54) is 0 Å². The van der Waals surface area contributed by atoms with Gasteiger partial charge in [-0.1, -0.05) is 4.39 Å². The first-order valence-electron chi connectivity index (χ1n) is 2.69. The summed E-state index contributed by atoms with van der Waals surface area (Å²) in [4.78, 5) is 15.6. The van der Waals surface area contributed by atoms with Crippen LogP contribution in [0.3, 0.4) is 0 Å². The fraction of sp³-hybridized carbons (Fsp3) is 1.00. The lowest BCUT2D eigenvalue weighted by molar-refractivity contribution is -0.832. The normalized spacial score (nSPS) is 12.4. The molecule has 0 amide bonds. The minimum atomic E-state index is -5.17. The average Bonchev–Trinajstić information content (AvgIpc) is 1.97. The Balaban J connectivity index is 4.73. The molecule has 14 heavy (non-hydrogen) atoms. The van der Waals surface area contributed by atoms with Gasteiger partial charge in [0.05, 0.1) is 0 Å². The molecule has 12 heteroatoms. The molecular weight excluding hydrogens is 231 g/mol. The lowest BCUT2D eigenvalue weighted by atomic mass is 10.5. The molecule has 0 fully saturated rings. The SMILES string of the molecule is O=[N+]([O-])C(F)(COS(=O)(=O)O)[N+](=O)[O-]. The van der Waals surface area contributed by atoms with E-state index in [-0.39, 0.29) is 0 Å². The summed E-state index contributed by atoms with van der Waals surface area (Å²) in [6.45, 7) is -2.05. The van der Waals surface area contributed by atoms with Crippen molar-refractivity contribution in [1.29, 1.82) is 0 Å². The minimum absolute atomic E-state index is 1.99. The quantitative estimate of drug-likeness (QED) is 0.209. The first-order chi connectivity index (χ1) is 6.09. The van der Waals surface area contributed by atoms with Gasteiger partial charge in [0.25, 0.3) is 0 Å². The summed E-state index contributed by atoms with van der Waals surface area (Å²) in [5.41, 5.74) is 0. The monoisotopic (exact) mass is 234 g/mol. The fourth-order valence-electron chi connectivity index (χ4n) is 0.322.